The molecule has 4 aliphatic rings. The molecule has 3 aliphatic heterocycles. The smallest absolute Gasteiger partial charge is 0.252 e. The Balaban J connectivity index is 1.21. The molecule has 2 atom stereocenters. The summed E-state index contributed by atoms with van der Waals surface area (Å²) < 4.78 is 0. The third-order valence-electron chi connectivity index (χ3n) is 15.5. The summed E-state index contributed by atoms with van der Waals surface area (Å²) in [7, 11) is 0. The minimum absolute atomic E-state index is 0.0271. The second kappa shape index (κ2) is 14.1. The van der Waals surface area contributed by atoms with Gasteiger partial charge in [0.1, 0.15) is 0 Å². The fourth-order valence-corrected chi connectivity index (χ4v) is 12.3. The van der Waals surface area contributed by atoms with Gasteiger partial charge in [0, 0.05) is 50.9 Å². The van der Waals surface area contributed by atoms with Crippen LogP contribution in [-0.4, -0.2) is 12.3 Å². The average molecular weight is 842 g/mol. The lowest BCUT2D eigenvalue weighted by atomic mass is 9.33. The van der Waals surface area contributed by atoms with Crippen LogP contribution in [0.15, 0.2) is 188 Å². The number of rotatable bonds is 4. The van der Waals surface area contributed by atoms with Crippen molar-refractivity contribution in [2.75, 3.05) is 14.7 Å². The molecular formula is C61H56BN3. The second-order valence-corrected chi connectivity index (χ2v) is 21.2. The van der Waals surface area contributed by atoms with Gasteiger partial charge in [0.2, 0.25) is 0 Å². The van der Waals surface area contributed by atoms with Gasteiger partial charge in [-0.2, -0.15) is 0 Å². The first-order valence-corrected chi connectivity index (χ1v) is 23.6. The fourth-order valence-electron chi connectivity index (χ4n) is 12.3. The SMILES string of the molecule is CC(C)(C)c1cccc(N2c3cc(C(C)(C)C)ccc3B3c4ccccc4N(c4ccccc4)c4cc(N5c6ccccc6C6(c7ccccc7)Cc7ccccc7CC56C)cc2c43)c1. The molecular weight excluding hydrogens is 786 g/mol. The van der Waals surface area contributed by atoms with Crippen molar-refractivity contribution >= 4 is 68.6 Å². The van der Waals surface area contributed by atoms with E-state index in [0.29, 0.717) is 0 Å². The van der Waals surface area contributed by atoms with E-state index >= 15 is 0 Å². The van der Waals surface area contributed by atoms with E-state index in [9.17, 15) is 0 Å². The number of nitrogens with zero attached hydrogens (tertiary/aromatic N) is 3. The number of hydrogen-bond donors (Lipinski definition) is 0. The highest BCUT2D eigenvalue weighted by atomic mass is 15.3. The number of anilines is 8. The minimum atomic E-state index is -0.361. The maximum absolute atomic E-state index is 2.77. The van der Waals surface area contributed by atoms with Crippen molar-refractivity contribution in [3.63, 3.8) is 0 Å². The molecule has 0 bridgehead atoms. The summed E-state index contributed by atoms with van der Waals surface area (Å²) in [5.74, 6) is 0. The van der Waals surface area contributed by atoms with Crippen molar-refractivity contribution in [1.29, 1.82) is 0 Å². The highest BCUT2D eigenvalue weighted by Gasteiger charge is 2.62. The number of benzene rings is 8. The molecule has 0 saturated heterocycles. The Bertz CT molecular complexity index is 3180. The van der Waals surface area contributed by atoms with Crippen LogP contribution in [0.25, 0.3) is 0 Å². The zero-order valence-corrected chi connectivity index (χ0v) is 38.7. The van der Waals surface area contributed by atoms with E-state index in [4.69, 9.17) is 0 Å². The monoisotopic (exact) mass is 841 g/mol. The van der Waals surface area contributed by atoms with Gasteiger partial charge >= 0.3 is 0 Å². The molecule has 3 heterocycles. The largest absolute Gasteiger partial charge is 0.334 e. The Morgan fingerprint density at radius 1 is 0.431 bits per heavy atom. The van der Waals surface area contributed by atoms with E-state index < -0.39 is 0 Å². The Morgan fingerprint density at radius 2 is 0.985 bits per heavy atom. The van der Waals surface area contributed by atoms with Crippen molar-refractivity contribution < 1.29 is 0 Å². The quantitative estimate of drug-likeness (QED) is 0.163. The molecule has 0 spiro atoms. The van der Waals surface area contributed by atoms with Crippen LogP contribution < -0.4 is 31.1 Å². The maximum atomic E-state index is 2.77. The Kier molecular flexibility index (Phi) is 8.64. The van der Waals surface area contributed by atoms with E-state index in [2.05, 4.69) is 251 Å². The van der Waals surface area contributed by atoms with Gasteiger partial charge < -0.3 is 14.7 Å². The highest BCUT2D eigenvalue weighted by Crippen LogP contribution is 2.63. The van der Waals surface area contributed by atoms with E-state index in [1.165, 1.54) is 89.6 Å². The van der Waals surface area contributed by atoms with Gasteiger partial charge in [-0.15, -0.1) is 0 Å². The molecule has 0 amide bonds. The molecule has 4 heteroatoms. The summed E-state index contributed by atoms with van der Waals surface area (Å²) in [5, 5.41) is 0. The summed E-state index contributed by atoms with van der Waals surface area (Å²) in [4.78, 5) is 7.95. The fraction of sp³-hybridized carbons (Fsp3) is 0.213. The predicted molar refractivity (Wildman–Crippen MR) is 276 cm³/mol. The molecule has 1 aliphatic carbocycles. The molecule has 3 nitrogen and oxygen atoms in total. The van der Waals surface area contributed by atoms with E-state index in [-0.39, 0.29) is 28.5 Å². The van der Waals surface area contributed by atoms with Gasteiger partial charge in [0.25, 0.3) is 6.71 Å². The average Bonchev–Trinajstić information content (AvgIpc) is 3.54. The third-order valence-corrected chi connectivity index (χ3v) is 15.5. The van der Waals surface area contributed by atoms with Crippen LogP contribution >= 0.6 is 0 Å². The lowest BCUT2D eigenvalue weighted by Crippen LogP contribution is -2.62. The number of hydrogen-bond acceptors (Lipinski definition) is 3. The van der Waals surface area contributed by atoms with Crippen LogP contribution in [0.4, 0.5) is 45.5 Å². The first kappa shape index (κ1) is 39.8. The van der Waals surface area contributed by atoms with Gasteiger partial charge in [-0.05, 0) is 135 Å². The molecule has 2 unspecified atom stereocenters. The summed E-state index contributed by atoms with van der Waals surface area (Å²) in [6, 6.07) is 72.0. The first-order valence-electron chi connectivity index (χ1n) is 23.6. The first-order chi connectivity index (χ1) is 31.4. The second-order valence-electron chi connectivity index (χ2n) is 21.2. The Labute approximate surface area is 386 Å². The lowest BCUT2D eigenvalue weighted by Gasteiger charge is -2.53. The van der Waals surface area contributed by atoms with Crippen LogP contribution in [0.5, 0.6) is 0 Å². The molecule has 0 fully saturated rings. The zero-order valence-electron chi connectivity index (χ0n) is 38.7. The molecule has 0 N–H and O–H groups in total. The van der Waals surface area contributed by atoms with Gasteiger partial charge in [0.15, 0.2) is 0 Å². The Hall–Kier alpha value is -6.78. The number of fused-ring (bicyclic) bond motifs is 8. The van der Waals surface area contributed by atoms with E-state index in [0.717, 1.165) is 18.5 Å². The standard InChI is InChI=1S/C61H56BN3/c1-58(2,3)44-25-20-28-47(35-44)64-54-36-45(59(4,5)6)33-34-51(54)62-50-30-17-19-32-53(50)63(46-26-12-9-13-27-46)55-37-48(38-56(64)57(55)62)65-52-31-18-16-29-49(52)61(43-23-10-8-11-24-43)40-42-22-15-14-21-41(42)39-60(61,65)7/h8-38H,39-40H2,1-7H3. The van der Waals surface area contributed by atoms with Gasteiger partial charge in [0.05, 0.1) is 5.54 Å². The van der Waals surface area contributed by atoms with Gasteiger partial charge in [-0.3, -0.25) is 0 Å². The molecule has 8 aromatic carbocycles. The molecule has 0 aromatic heterocycles. The van der Waals surface area contributed by atoms with Crippen molar-refractivity contribution in [2.24, 2.45) is 0 Å². The lowest BCUT2D eigenvalue weighted by molar-refractivity contribution is 0.281. The van der Waals surface area contributed by atoms with Gasteiger partial charge in [-0.1, -0.05) is 175 Å². The van der Waals surface area contributed by atoms with Crippen LogP contribution in [-0.2, 0) is 29.1 Å². The van der Waals surface area contributed by atoms with Crippen molar-refractivity contribution in [3.05, 3.63) is 221 Å². The molecule has 8 aromatic rings. The zero-order chi connectivity index (χ0) is 44.5. The predicted octanol–water partition coefficient (Wildman–Crippen LogP) is 13.4. The van der Waals surface area contributed by atoms with Crippen LogP contribution in [0.1, 0.15) is 81.8 Å². The van der Waals surface area contributed by atoms with Crippen molar-refractivity contribution in [1.82, 2.24) is 0 Å². The summed E-state index contributed by atoms with van der Waals surface area (Å²) in [6.45, 7) is 16.6. The van der Waals surface area contributed by atoms with E-state index in [1.807, 2.05) is 0 Å². The van der Waals surface area contributed by atoms with Crippen molar-refractivity contribution in [2.45, 2.75) is 83.1 Å². The van der Waals surface area contributed by atoms with Crippen molar-refractivity contribution in [3.8, 4) is 0 Å². The van der Waals surface area contributed by atoms with Gasteiger partial charge in [-0.25, -0.2) is 0 Å². The minimum Gasteiger partial charge on any atom is -0.334 e. The summed E-state index contributed by atoms with van der Waals surface area (Å²) >= 11 is 0. The van der Waals surface area contributed by atoms with Crippen LogP contribution in [0.2, 0.25) is 0 Å². The third kappa shape index (κ3) is 5.75. The summed E-state index contributed by atoms with van der Waals surface area (Å²) in [5.41, 5.74) is 21.3. The van der Waals surface area contributed by atoms with Crippen LogP contribution in [0, 0.1) is 0 Å². The summed E-state index contributed by atoms with van der Waals surface area (Å²) in [6.07, 6.45) is 1.83. The molecule has 0 saturated carbocycles. The molecule has 0 radical (unpaired) electrons. The number of para-hydroxylation sites is 3. The molecule has 318 valence electrons. The van der Waals surface area contributed by atoms with Crippen LogP contribution in [0.3, 0.4) is 0 Å². The molecule has 65 heavy (non-hydrogen) atoms. The normalized spacial score (nSPS) is 19.2. The highest BCUT2D eigenvalue weighted by molar-refractivity contribution is 7.00. The maximum Gasteiger partial charge on any atom is 0.252 e. The van der Waals surface area contributed by atoms with E-state index in [1.54, 1.807) is 0 Å². The topological polar surface area (TPSA) is 9.72 Å². The Morgan fingerprint density at radius 3 is 1.69 bits per heavy atom. The molecule has 12 rings (SSSR count).